The summed E-state index contributed by atoms with van der Waals surface area (Å²) < 4.78 is 9.55. The Kier molecular flexibility index (Phi) is 5.71. The molecule has 0 radical (unpaired) electrons. The Bertz CT molecular complexity index is 1480. The van der Waals surface area contributed by atoms with Crippen LogP contribution in [0.25, 0.3) is 33.1 Å². The molecule has 0 amide bonds. The molecule has 1 N–H and O–H groups in total. The van der Waals surface area contributed by atoms with Gasteiger partial charge in [-0.1, -0.05) is 12.5 Å². The maximum atomic E-state index is 13.2. The molecule has 4 aromatic rings. The molecule has 0 spiro atoms. The summed E-state index contributed by atoms with van der Waals surface area (Å²) in [6.07, 6.45) is 8.69. The monoisotopic (exact) mass is 486 g/mol. The number of aromatic nitrogens is 4. The summed E-state index contributed by atoms with van der Waals surface area (Å²) in [4.78, 5) is 25.0. The van der Waals surface area contributed by atoms with E-state index in [1.807, 2.05) is 29.9 Å². The Hall–Kier alpha value is -3.39. The lowest BCUT2D eigenvalue weighted by Crippen LogP contribution is -2.40. The first-order chi connectivity index (χ1) is 17.4. The number of piperidine rings is 1. The molecule has 0 unspecified atom stereocenters. The molecule has 2 aliphatic rings. The topological polar surface area (TPSA) is 77.2 Å². The SMILES string of the molecule is Cn1c(=O)n2c3c4c(c(-c5ccc(OCCCN6CCCCC6)nc5)ccc4ncc31)NCC2(C)C. The van der Waals surface area contributed by atoms with Gasteiger partial charge in [-0.15, -0.1) is 0 Å². The van der Waals surface area contributed by atoms with Crippen LogP contribution in [0, 0.1) is 0 Å². The minimum absolute atomic E-state index is 0.0205. The number of aryl methyl sites for hydroxylation is 1. The number of rotatable bonds is 6. The maximum absolute atomic E-state index is 13.2. The summed E-state index contributed by atoms with van der Waals surface area (Å²) in [6, 6.07) is 8.13. The van der Waals surface area contributed by atoms with Crippen LogP contribution in [0.2, 0.25) is 0 Å². The molecule has 8 nitrogen and oxygen atoms in total. The van der Waals surface area contributed by atoms with Gasteiger partial charge in [-0.05, 0) is 58.3 Å². The van der Waals surface area contributed by atoms with Crippen LogP contribution in [0.4, 0.5) is 5.69 Å². The van der Waals surface area contributed by atoms with Crippen molar-refractivity contribution in [2.75, 3.05) is 38.1 Å². The second-order valence-electron chi connectivity index (χ2n) is 10.7. The molecule has 1 saturated heterocycles. The Balaban J connectivity index is 1.30. The van der Waals surface area contributed by atoms with Crippen LogP contribution in [-0.4, -0.2) is 56.8 Å². The number of nitrogens with one attached hydrogen (secondary N) is 1. The minimum atomic E-state index is -0.398. The van der Waals surface area contributed by atoms with E-state index in [-0.39, 0.29) is 5.69 Å². The zero-order valence-electron chi connectivity index (χ0n) is 21.4. The van der Waals surface area contributed by atoms with Gasteiger partial charge >= 0.3 is 5.69 Å². The predicted octanol–water partition coefficient (Wildman–Crippen LogP) is 4.37. The highest BCUT2D eigenvalue weighted by Crippen LogP contribution is 2.41. The molecular weight excluding hydrogens is 452 g/mol. The van der Waals surface area contributed by atoms with Gasteiger partial charge in [-0.3, -0.25) is 14.1 Å². The lowest BCUT2D eigenvalue weighted by molar-refractivity contribution is 0.203. The fourth-order valence-corrected chi connectivity index (χ4v) is 5.72. The van der Waals surface area contributed by atoms with Gasteiger partial charge in [-0.2, -0.15) is 0 Å². The zero-order valence-corrected chi connectivity index (χ0v) is 21.4. The summed E-state index contributed by atoms with van der Waals surface area (Å²) in [5, 5.41) is 4.62. The van der Waals surface area contributed by atoms with Crippen LogP contribution in [-0.2, 0) is 12.6 Å². The van der Waals surface area contributed by atoms with Crippen molar-refractivity contribution in [2.45, 2.75) is 45.1 Å². The number of nitrogens with zero attached hydrogens (tertiary/aromatic N) is 5. The molecule has 0 atom stereocenters. The standard InChI is InChI=1S/C28H34N6O2/c1-28(2)18-31-25-20(9-10-21-24(25)26-22(17-29-21)32(3)27(35)34(26)28)19-8-11-23(30-16-19)36-15-7-14-33-12-5-4-6-13-33/h8-11,16-17,31H,4-7,12-15,18H2,1-3H3. The van der Waals surface area contributed by atoms with Crippen molar-refractivity contribution in [3.8, 4) is 17.0 Å². The van der Waals surface area contributed by atoms with Crippen molar-refractivity contribution in [3.05, 3.63) is 47.1 Å². The predicted molar refractivity (Wildman–Crippen MR) is 144 cm³/mol. The van der Waals surface area contributed by atoms with Gasteiger partial charge in [0.1, 0.15) is 0 Å². The third kappa shape index (κ3) is 3.84. The lowest BCUT2D eigenvalue weighted by atomic mass is 10.0. The summed E-state index contributed by atoms with van der Waals surface area (Å²) in [5.41, 5.74) is 5.26. The van der Waals surface area contributed by atoms with Crippen LogP contribution in [0.3, 0.4) is 0 Å². The molecule has 1 fully saturated rings. The van der Waals surface area contributed by atoms with Crippen LogP contribution < -0.4 is 15.7 Å². The average Bonchev–Trinajstić information content (AvgIpc) is 3.08. The molecule has 0 saturated carbocycles. The Morgan fingerprint density at radius 2 is 1.89 bits per heavy atom. The average molecular weight is 487 g/mol. The first-order valence-electron chi connectivity index (χ1n) is 13.0. The van der Waals surface area contributed by atoms with E-state index in [0.29, 0.717) is 19.0 Å². The molecule has 0 bridgehead atoms. The second kappa shape index (κ2) is 8.92. The Labute approximate surface area is 210 Å². The van der Waals surface area contributed by atoms with Crippen LogP contribution in [0.1, 0.15) is 39.5 Å². The molecule has 1 aromatic carbocycles. The molecule has 8 heteroatoms. The molecule has 188 valence electrons. The quantitative estimate of drug-likeness (QED) is 0.408. The highest BCUT2D eigenvalue weighted by atomic mass is 16.5. The summed E-state index contributed by atoms with van der Waals surface area (Å²) >= 11 is 0. The third-order valence-corrected chi connectivity index (χ3v) is 7.72. The number of imidazole rings is 1. The van der Waals surface area contributed by atoms with Crippen LogP contribution >= 0.6 is 0 Å². The van der Waals surface area contributed by atoms with Crippen molar-refractivity contribution in [2.24, 2.45) is 7.05 Å². The molecule has 6 rings (SSSR count). The fraction of sp³-hybridized carbons (Fsp3) is 0.464. The summed E-state index contributed by atoms with van der Waals surface area (Å²) in [5.74, 6) is 0.652. The second-order valence-corrected chi connectivity index (χ2v) is 10.7. The van der Waals surface area contributed by atoms with Gasteiger partial charge in [0, 0.05) is 43.5 Å². The molecule has 5 heterocycles. The number of likely N-dealkylation sites (tertiary alicyclic amines) is 1. The van der Waals surface area contributed by atoms with E-state index >= 15 is 0 Å². The van der Waals surface area contributed by atoms with Crippen molar-refractivity contribution in [1.29, 1.82) is 0 Å². The van der Waals surface area contributed by atoms with Gasteiger partial charge in [-0.25, -0.2) is 9.78 Å². The number of ether oxygens (including phenoxy) is 1. The largest absolute Gasteiger partial charge is 0.478 e. The maximum Gasteiger partial charge on any atom is 0.329 e. The minimum Gasteiger partial charge on any atom is -0.478 e. The van der Waals surface area contributed by atoms with Crippen LogP contribution in [0.15, 0.2) is 41.5 Å². The highest BCUT2D eigenvalue weighted by molar-refractivity contribution is 6.13. The smallest absolute Gasteiger partial charge is 0.329 e. The van der Waals surface area contributed by atoms with Crippen molar-refractivity contribution in [3.63, 3.8) is 0 Å². The van der Waals surface area contributed by atoms with Crippen molar-refractivity contribution < 1.29 is 4.74 Å². The van der Waals surface area contributed by atoms with Gasteiger partial charge in [0.05, 0.1) is 46.0 Å². The number of anilines is 1. The molecule has 3 aromatic heterocycles. The van der Waals surface area contributed by atoms with E-state index in [1.165, 1.54) is 32.4 Å². The van der Waals surface area contributed by atoms with Crippen LogP contribution in [0.5, 0.6) is 5.88 Å². The summed E-state index contributed by atoms with van der Waals surface area (Å²) in [6.45, 7) is 9.01. The highest BCUT2D eigenvalue weighted by Gasteiger charge is 2.32. The third-order valence-electron chi connectivity index (χ3n) is 7.72. The van der Waals surface area contributed by atoms with E-state index in [9.17, 15) is 4.79 Å². The van der Waals surface area contributed by atoms with E-state index < -0.39 is 5.54 Å². The normalized spacial score (nSPS) is 17.4. The van der Waals surface area contributed by atoms with Crippen molar-refractivity contribution >= 4 is 27.6 Å². The van der Waals surface area contributed by atoms with E-state index in [0.717, 1.165) is 51.7 Å². The van der Waals surface area contributed by atoms with E-state index in [4.69, 9.17) is 4.74 Å². The lowest BCUT2D eigenvalue weighted by Gasteiger charge is -2.26. The van der Waals surface area contributed by atoms with E-state index in [1.54, 1.807) is 10.8 Å². The fourth-order valence-electron chi connectivity index (χ4n) is 5.72. The number of pyridine rings is 2. The van der Waals surface area contributed by atoms with Gasteiger partial charge in [0.25, 0.3) is 0 Å². The molecule has 2 aliphatic heterocycles. The number of hydrogen-bond donors (Lipinski definition) is 1. The first kappa shape index (κ1) is 23.0. The Morgan fingerprint density at radius 3 is 2.67 bits per heavy atom. The number of hydrogen-bond acceptors (Lipinski definition) is 6. The molecule has 36 heavy (non-hydrogen) atoms. The van der Waals surface area contributed by atoms with E-state index in [2.05, 4.69) is 46.2 Å². The van der Waals surface area contributed by atoms with Gasteiger partial charge < -0.3 is 15.0 Å². The molecular formula is C28H34N6O2. The number of benzene rings is 1. The van der Waals surface area contributed by atoms with Gasteiger partial charge in [0.15, 0.2) is 0 Å². The zero-order chi connectivity index (χ0) is 24.9. The first-order valence-corrected chi connectivity index (χ1v) is 13.0. The Morgan fingerprint density at radius 1 is 1.06 bits per heavy atom. The van der Waals surface area contributed by atoms with Crippen molar-refractivity contribution in [1.82, 2.24) is 24.0 Å². The van der Waals surface area contributed by atoms with Gasteiger partial charge in [0.2, 0.25) is 5.88 Å². The molecule has 0 aliphatic carbocycles. The summed E-state index contributed by atoms with van der Waals surface area (Å²) in [7, 11) is 1.82.